The highest BCUT2D eigenvalue weighted by Gasteiger charge is 2.40. The summed E-state index contributed by atoms with van der Waals surface area (Å²) in [6.07, 6.45) is 0.644. The van der Waals surface area contributed by atoms with Crippen LogP contribution in [-0.2, 0) is 11.2 Å². The fraction of sp³-hybridized carbons (Fsp3) is 0.125. The van der Waals surface area contributed by atoms with Crippen molar-refractivity contribution in [3.8, 4) is 0 Å². The standard InChI is InChI=1S/C24H19ClFNO2/c25-19-10-6-17(7-11-19)21-22(18-8-12-20(26)13-9-18)27(24(29)23(21)28)15-14-16-4-2-1-3-5-16/h1-13,22,28H,14-15H2. The summed E-state index contributed by atoms with van der Waals surface area (Å²) < 4.78 is 13.5. The molecular formula is C24H19ClFNO2. The molecule has 0 fully saturated rings. The lowest BCUT2D eigenvalue weighted by atomic mass is 9.93. The molecule has 146 valence electrons. The molecule has 1 aliphatic rings. The molecule has 0 aromatic heterocycles. The molecule has 0 aliphatic carbocycles. The fourth-order valence-corrected chi connectivity index (χ4v) is 3.82. The van der Waals surface area contributed by atoms with Crippen molar-refractivity contribution in [1.29, 1.82) is 0 Å². The van der Waals surface area contributed by atoms with E-state index >= 15 is 0 Å². The molecule has 1 heterocycles. The predicted molar refractivity (Wildman–Crippen MR) is 112 cm³/mol. The Balaban J connectivity index is 1.73. The highest BCUT2D eigenvalue weighted by atomic mass is 35.5. The summed E-state index contributed by atoms with van der Waals surface area (Å²) in [5.74, 6) is -1.06. The van der Waals surface area contributed by atoms with Gasteiger partial charge in [-0.15, -0.1) is 0 Å². The average molecular weight is 408 g/mol. The lowest BCUT2D eigenvalue weighted by molar-refractivity contribution is -0.129. The van der Waals surface area contributed by atoms with Gasteiger partial charge in [-0.25, -0.2) is 4.39 Å². The third-order valence-electron chi connectivity index (χ3n) is 5.13. The lowest BCUT2D eigenvalue weighted by Gasteiger charge is -2.27. The van der Waals surface area contributed by atoms with Crippen molar-refractivity contribution in [2.75, 3.05) is 6.54 Å². The largest absolute Gasteiger partial charge is 0.503 e. The second-order valence-electron chi connectivity index (χ2n) is 6.96. The highest BCUT2D eigenvalue weighted by Crippen LogP contribution is 2.43. The minimum Gasteiger partial charge on any atom is -0.503 e. The Morgan fingerprint density at radius 3 is 2.24 bits per heavy atom. The van der Waals surface area contributed by atoms with Gasteiger partial charge in [0.05, 0.1) is 6.04 Å². The van der Waals surface area contributed by atoms with Gasteiger partial charge in [0, 0.05) is 17.1 Å². The molecule has 3 nitrogen and oxygen atoms in total. The quantitative estimate of drug-likeness (QED) is 0.600. The van der Waals surface area contributed by atoms with Gasteiger partial charge < -0.3 is 10.0 Å². The van der Waals surface area contributed by atoms with Gasteiger partial charge in [0.25, 0.3) is 5.91 Å². The van der Waals surface area contributed by atoms with E-state index in [-0.39, 0.29) is 11.6 Å². The van der Waals surface area contributed by atoms with Crippen LogP contribution in [0.3, 0.4) is 0 Å². The molecule has 1 atom stereocenters. The number of carbonyl (C=O) groups is 1. The smallest absolute Gasteiger partial charge is 0.289 e. The molecule has 29 heavy (non-hydrogen) atoms. The summed E-state index contributed by atoms with van der Waals surface area (Å²) in [6.45, 7) is 0.423. The van der Waals surface area contributed by atoms with Gasteiger partial charge in [0.15, 0.2) is 5.76 Å². The molecule has 3 aromatic rings. The molecule has 5 heteroatoms. The van der Waals surface area contributed by atoms with Gasteiger partial charge in [-0.3, -0.25) is 4.79 Å². The van der Waals surface area contributed by atoms with Crippen molar-refractivity contribution in [2.45, 2.75) is 12.5 Å². The van der Waals surface area contributed by atoms with E-state index in [2.05, 4.69) is 0 Å². The number of hydrogen-bond acceptors (Lipinski definition) is 2. The number of rotatable bonds is 5. The first-order valence-electron chi connectivity index (χ1n) is 9.34. The Morgan fingerprint density at radius 1 is 0.931 bits per heavy atom. The minimum atomic E-state index is -0.506. The Morgan fingerprint density at radius 2 is 1.59 bits per heavy atom. The van der Waals surface area contributed by atoms with Crippen molar-refractivity contribution in [1.82, 2.24) is 4.90 Å². The van der Waals surface area contributed by atoms with E-state index < -0.39 is 11.9 Å². The van der Waals surface area contributed by atoms with E-state index in [1.54, 1.807) is 41.3 Å². The van der Waals surface area contributed by atoms with Crippen LogP contribution in [0.25, 0.3) is 5.57 Å². The topological polar surface area (TPSA) is 40.5 Å². The minimum absolute atomic E-state index is 0.283. The molecule has 1 N–H and O–H groups in total. The third-order valence-corrected chi connectivity index (χ3v) is 5.38. The maximum Gasteiger partial charge on any atom is 0.289 e. The zero-order chi connectivity index (χ0) is 20.4. The van der Waals surface area contributed by atoms with Crippen LogP contribution >= 0.6 is 11.6 Å². The molecule has 0 saturated heterocycles. The Kier molecular flexibility index (Phi) is 5.36. The summed E-state index contributed by atoms with van der Waals surface area (Å²) in [5, 5.41) is 11.3. The number of amides is 1. The van der Waals surface area contributed by atoms with E-state index in [1.165, 1.54) is 12.1 Å². The van der Waals surface area contributed by atoms with Crippen LogP contribution < -0.4 is 0 Å². The van der Waals surface area contributed by atoms with E-state index in [4.69, 9.17) is 11.6 Å². The van der Waals surface area contributed by atoms with E-state index in [0.29, 0.717) is 29.1 Å². The molecule has 1 unspecified atom stereocenters. The maximum absolute atomic E-state index is 13.5. The van der Waals surface area contributed by atoms with Crippen LogP contribution in [0.5, 0.6) is 0 Å². The van der Waals surface area contributed by atoms with Gasteiger partial charge in [0.2, 0.25) is 0 Å². The molecule has 0 saturated carbocycles. The highest BCUT2D eigenvalue weighted by molar-refractivity contribution is 6.30. The molecule has 1 aliphatic heterocycles. The summed E-state index contributed by atoms with van der Waals surface area (Å²) in [7, 11) is 0. The van der Waals surface area contributed by atoms with Crippen molar-refractivity contribution in [3.63, 3.8) is 0 Å². The zero-order valence-electron chi connectivity index (χ0n) is 15.6. The van der Waals surface area contributed by atoms with Crippen LogP contribution in [0.1, 0.15) is 22.7 Å². The van der Waals surface area contributed by atoms with E-state index in [0.717, 1.165) is 11.1 Å². The number of hydrogen-bond donors (Lipinski definition) is 1. The van der Waals surface area contributed by atoms with Crippen LogP contribution in [0.2, 0.25) is 5.02 Å². The average Bonchev–Trinajstić information content (AvgIpc) is 2.99. The van der Waals surface area contributed by atoms with Crippen LogP contribution in [0, 0.1) is 5.82 Å². The van der Waals surface area contributed by atoms with Gasteiger partial charge in [-0.2, -0.15) is 0 Å². The first-order chi connectivity index (χ1) is 14.0. The van der Waals surface area contributed by atoms with E-state index in [1.807, 2.05) is 30.3 Å². The summed E-state index contributed by atoms with van der Waals surface area (Å²) in [4.78, 5) is 14.6. The first-order valence-corrected chi connectivity index (χ1v) is 9.72. The van der Waals surface area contributed by atoms with E-state index in [9.17, 15) is 14.3 Å². The first kappa shape index (κ1) is 19.2. The van der Waals surface area contributed by atoms with Gasteiger partial charge in [0.1, 0.15) is 5.82 Å². The normalized spacial score (nSPS) is 16.6. The molecular weight excluding hydrogens is 389 g/mol. The summed E-state index contributed by atoms with van der Waals surface area (Å²) >= 11 is 6.00. The lowest BCUT2D eigenvalue weighted by Crippen LogP contribution is -2.32. The molecule has 0 radical (unpaired) electrons. The Hall–Kier alpha value is -3.11. The van der Waals surface area contributed by atoms with Gasteiger partial charge >= 0.3 is 0 Å². The Bertz CT molecular complexity index is 1050. The molecule has 0 bridgehead atoms. The fourth-order valence-electron chi connectivity index (χ4n) is 3.69. The monoisotopic (exact) mass is 407 g/mol. The van der Waals surface area contributed by atoms with Crippen LogP contribution in [-0.4, -0.2) is 22.5 Å². The van der Waals surface area contributed by atoms with Crippen LogP contribution in [0.4, 0.5) is 4.39 Å². The number of aliphatic hydroxyl groups excluding tert-OH is 1. The van der Waals surface area contributed by atoms with Crippen molar-refractivity contribution in [3.05, 3.63) is 112 Å². The second-order valence-corrected chi connectivity index (χ2v) is 7.39. The van der Waals surface area contributed by atoms with Crippen LogP contribution in [0.15, 0.2) is 84.6 Å². The molecule has 4 rings (SSSR count). The van der Waals surface area contributed by atoms with Gasteiger partial charge in [-0.05, 0) is 47.4 Å². The van der Waals surface area contributed by atoms with Gasteiger partial charge in [-0.1, -0.05) is 66.2 Å². The maximum atomic E-state index is 13.5. The summed E-state index contributed by atoms with van der Waals surface area (Å²) in [5.41, 5.74) is 3.04. The molecule has 1 amide bonds. The number of nitrogens with zero attached hydrogens (tertiary/aromatic N) is 1. The number of carbonyl (C=O) groups excluding carboxylic acids is 1. The van der Waals surface area contributed by atoms with Crippen molar-refractivity contribution in [2.24, 2.45) is 0 Å². The van der Waals surface area contributed by atoms with Crippen molar-refractivity contribution < 1.29 is 14.3 Å². The van der Waals surface area contributed by atoms with Crippen molar-refractivity contribution >= 4 is 23.1 Å². The second kappa shape index (κ2) is 8.10. The Labute approximate surface area is 173 Å². The molecule has 3 aromatic carbocycles. The number of benzene rings is 3. The SMILES string of the molecule is O=C1C(O)=C(c2ccc(Cl)cc2)C(c2ccc(F)cc2)N1CCc1ccccc1. The number of halogens is 2. The molecule has 0 spiro atoms. The summed E-state index contributed by atoms with van der Waals surface area (Å²) in [6, 6.07) is 22.4. The third kappa shape index (κ3) is 3.89. The zero-order valence-corrected chi connectivity index (χ0v) is 16.3. The predicted octanol–water partition coefficient (Wildman–Crippen LogP) is 5.57. The number of aliphatic hydroxyl groups is 1.